The van der Waals surface area contributed by atoms with E-state index in [0.29, 0.717) is 29.8 Å². The number of benzene rings is 1. The van der Waals surface area contributed by atoms with Crippen molar-refractivity contribution in [1.29, 1.82) is 0 Å². The Bertz CT molecular complexity index is 736. The molecule has 1 aliphatic rings. The van der Waals surface area contributed by atoms with E-state index in [1.807, 2.05) is 30.3 Å². The second-order valence-corrected chi connectivity index (χ2v) is 6.96. The summed E-state index contributed by atoms with van der Waals surface area (Å²) in [4.78, 5) is 28.8. The van der Waals surface area contributed by atoms with Crippen molar-refractivity contribution in [2.75, 3.05) is 0 Å². The number of carboxylic acids is 1. The zero-order valence-electron chi connectivity index (χ0n) is 12.8. The molecule has 1 aromatic heterocycles. The lowest BCUT2D eigenvalue weighted by atomic mass is 9.76. The highest BCUT2D eigenvalue weighted by molar-refractivity contribution is 7.13. The molecule has 0 radical (unpaired) electrons. The van der Waals surface area contributed by atoms with E-state index in [4.69, 9.17) is 0 Å². The van der Waals surface area contributed by atoms with Gasteiger partial charge < -0.3 is 10.4 Å². The molecule has 1 saturated carbocycles. The summed E-state index contributed by atoms with van der Waals surface area (Å²) >= 11 is 1.33. The van der Waals surface area contributed by atoms with Crippen molar-refractivity contribution in [1.82, 2.24) is 10.3 Å². The van der Waals surface area contributed by atoms with E-state index in [9.17, 15) is 14.7 Å². The Morgan fingerprint density at radius 2 is 2.00 bits per heavy atom. The Labute approximate surface area is 138 Å². The second-order valence-electron chi connectivity index (χ2n) is 5.88. The molecule has 0 spiro atoms. The molecule has 1 aliphatic carbocycles. The number of hydrogen-bond acceptors (Lipinski definition) is 4. The molecule has 6 heteroatoms. The van der Waals surface area contributed by atoms with Gasteiger partial charge in [-0.05, 0) is 31.7 Å². The minimum Gasteiger partial charge on any atom is -0.480 e. The van der Waals surface area contributed by atoms with Gasteiger partial charge in [0, 0.05) is 6.42 Å². The minimum atomic E-state index is -1.09. The van der Waals surface area contributed by atoms with Gasteiger partial charge in [0.25, 0.3) is 5.91 Å². The molecule has 0 bridgehead atoms. The Morgan fingerprint density at radius 1 is 1.30 bits per heavy atom. The highest BCUT2D eigenvalue weighted by Gasteiger charge is 2.46. The maximum Gasteiger partial charge on any atom is 0.329 e. The number of nitrogens with zero attached hydrogens (tertiary/aromatic N) is 1. The van der Waals surface area contributed by atoms with E-state index in [0.717, 1.165) is 17.0 Å². The first kappa shape index (κ1) is 15.7. The molecule has 3 rings (SSSR count). The van der Waals surface area contributed by atoms with Crippen LogP contribution in [0.25, 0.3) is 0 Å². The fourth-order valence-electron chi connectivity index (χ4n) is 2.71. The van der Waals surface area contributed by atoms with Crippen LogP contribution in [0, 0.1) is 6.92 Å². The molecule has 0 saturated heterocycles. The number of aliphatic carboxylic acids is 1. The first-order chi connectivity index (χ1) is 11.0. The summed E-state index contributed by atoms with van der Waals surface area (Å²) in [5.41, 5.74) is 0.695. The van der Waals surface area contributed by atoms with E-state index in [2.05, 4.69) is 10.3 Å². The number of aromatic nitrogens is 1. The summed E-state index contributed by atoms with van der Waals surface area (Å²) in [7, 11) is 0. The first-order valence-electron chi connectivity index (χ1n) is 7.56. The summed E-state index contributed by atoms with van der Waals surface area (Å²) in [6.45, 7) is 1.79. The van der Waals surface area contributed by atoms with Crippen LogP contribution >= 0.6 is 11.3 Å². The fourth-order valence-corrected chi connectivity index (χ4v) is 3.70. The zero-order chi connectivity index (χ0) is 16.4. The Morgan fingerprint density at radius 3 is 2.57 bits per heavy atom. The predicted octanol–water partition coefficient (Wildman–Crippen LogP) is 2.78. The summed E-state index contributed by atoms with van der Waals surface area (Å²) < 4.78 is 0. The first-order valence-corrected chi connectivity index (χ1v) is 8.38. The van der Waals surface area contributed by atoms with Crippen LogP contribution < -0.4 is 5.32 Å². The molecule has 1 heterocycles. The molecule has 1 fully saturated rings. The van der Waals surface area contributed by atoms with Crippen molar-refractivity contribution >= 4 is 23.2 Å². The molecule has 1 aromatic carbocycles. The van der Waals surface area contributed by atoms with Crippen LogP contribution in [-0.2, 0) is 11.2 Å². The lowest BCUT2D eigenvalue weighted by Gasteiger charge is -2.38. The van der Waals surface area contributed by atoms with Crippen LogP contribution in [0.5, 0.6) is 0 Å². The van der Waals surface area contributed by atoms with Gasteiger partial charge in [0.1, 0.15) is 10.4 Å². The van der Waals surface area contributed by atoms with Crippen LogP contribution in [0.2, 0.25) is 0 Å². The van der Waals surface area contributed by atoms with Gasteiger partial charge in [-0.3, -0.25) is 4.79 Å². The van der Waals surface area contributed by atoms with E-state index in [1.54, 1.807) is 6.92 Å². The monoisotopic (exact) mass is 330 g/mol. The average Bonchev–Trinajstić information content (AvgIpc) is 2.84. The van der Waals surface area contributed by atoms with Crippen molar-refractivity contribution in [3.8, 4) is 0 Å². The van der Waals surface area contributed by atoms with E-state index >= 15 is 0 Å². The van der Waals surface area contributed by atoms with Crippen LogP contribution in [0.4, 0.5) is 0 Å². The molecule has 120 valence electrons. The smallest absolute Gasteiger partial charge is 0.329 e. The topological polar surface area (TPSA) is 79.3 Å². The van der Waals surface area contributed by atoms with Crippen LogP contribution in [0.15, 0.2) is 30.3 Å². The fraction of sp³-hybridized carbons (Fsp3) is 0.353. The van der Waals surface area contributed by atoms with Crippen molar-refractivity contribution in [3.05, 3.63) is 51.5 Å². The Balaban J connectivity index is 1.75. The quantitative estimate of drug-likeness (QED) is 0.883. The second kappa shape index (κ2) is 6.12. The molecule has 23 heavy (non-hydrogen) atoms. The van der Waals surface area contributed by atoms with Gasteiger partial charge in [-0.15, -0.1) is 11.3 Å². The predicted molar refractivity (Wildman–Crippen MR) is 87.8 cm³/mol. The normalized spacial score (nSPS) is 15.7. The molecule has 0 atom stereocenters. The SMILES string of the molecule is Cc1nc(Cc2ccccc2)sc1C(=O)NC1(C(=O)O)CCC1. The summed E-state index contributed by atoms with van der Waals surface area (Å²) in [5, 5.41) is 12.9. The standard InChI is InChI=1S/C17H18N2O3S/c1-11-14(15(20)19-17(16(21)22)8-5-9-17)23-13(18-11)10-12-6-3-2-4-7-12/h2-4,6-7H,5,8-10H2,1H3,(H,19,20)(H,21,22). The molecule has 0 aliphatic heterocycles. The zero-order valence-corrected chi connectivity index (χ0v) is 13.7. The third-order valence-electron chi connectivity index (χ3n) is 4.21. The van der Waals surface area contributed by atoms with Gasteiger partial charge >= 0.3 is 5.97 Å². The van der Waals surface area contributed by atoms with E-state index < -0.39 is 11.5 Å². The molecular weight excluding hydrogens is 312 g/mol. The number of hydrogen-bond donors (Lipinski definition) is 2. The number of carbonyl (C=O) groups is 2. The molecule has 2 aromatic rings. The van der Waals surface area contributed by atoms with Crippen LogP contribution in [0.1, 0.15) is 45.2 Å². The third-order valence-corrected chi connectivity index (χ3v) is 5.37. The molecule has 2 N–H and O–H groups in total. The Kier molecular flexibility index (Phi) is 4.17. The van der Waals surface area contributed by atoms with Gasteiger partial charge in [-0.1, -0.05) is 30.3 Å². The number of carboxylic acid groups (broad SMARTS) is 1. The lowest BCUT2D eigenvalue weighted by molar-refractivity contribution is -0.148. The van der Waals surface area contributed by atoms with Crippen molar-refractivity contribution in [2.45, 2.75) is 38.1 Å². The summed E-state index contributed by atoms with van der Waals surface area (Å²) in [5.74, 6) is -1.29. The van der Waals surface area contributed by atoms with Gasteiger partial charge in [-0.25, -0.2) is 9.78 Å². The third kappa shape index (κ3) is 3.12. The number of nitrogens with one attached hydrogen (secondary N) is 1. The number of amides is 1. The van der Waals surface area contributed by atoms with Crippen molar-refractivity contribution < 1.29 is 14.7 Å². The summed E-state index contributed by atoms with van der Waals surface area (Å²) in [6, 6.07) is 9.93. The largest absolute Gasteiger partial charge is 0.480 e. The molecule has 0 unspecified atom stereocenters. The van der Waals surface area contributed by atoms with Crippen LogP contribution in [0.3, 0.4) is 0 Å². The number of carbonyl (C=O) groups excluding carboxylic acids is 1. The molecule has 1 amide bonds. The van der Waals surface area contributed by atoms with Crippen molar-refractivity contribution in [3.63, 3.8) is 0 Å². The lowest BCUT2D eigenvalue weighted by Crippen LogP contribution is -2.59. The number of rotatable bonds is 5. The summed E-state index contributed by atoms with van der Waals surface area (Å²) in [6.07, 6.45) is 2.48. The van der Waals surface area contributed by atoms with Gasteiger partial charge in [0.15, 0.2) is 0 Å². The van der Waals surface area contributed by atoms with E-state index in [1.165, 1.54) is 11.3 Å². The number of thiazole rings is 1. The minimum absolute atomic E-state index is 0.332. The van der Waals surface area contributed by atoms with Crippen LogP contribution in [-0.4, -0.2) is 27.5 Å². The highest BCUT2D eigenvalue weighted by Crippen LogP contribution is 2.33. The van der Waals surface area contributed by atoms with Gasteiger partial charge in [-0.2, -0.15) is 0 Å². The number of aryl methyl sites for hydroxylation is 1. The Hall–Kier alpha value is -2.21. The average molecular weight is 330 g/mol. The van der Waals surface area contributed by atoms with Gasteiger partial charge in [0.2, 0.25) is 0 Å². The molecular formula is C17H18N2O3S. The highest BCUT2D eigenvalue weighted by atomic mass is 32.1. The maximum atomic E-state index is 12.4. The van der Waals surface area contributed by atoms with E-state index in [-0.39, 0.29) is 5.91 Å². The molecule has 5 nitrogen and oxygen atoms in total. The van der Waals surface area contributed by atoms with Crippen molar-refractivity contribution in [2.24, 2.45) is 0 Å². The maximum absolute atomic E-state index is 12.4. The van der Waals surface area contributed by atoms with Gasteiger partial charge in [0.05, 0.1) is 10.7 Å².